The van der Waals surface area contributed by atoms with E-state index in [1.807, 2.05) is 12.1 Å². The second-order valence-electron chi connectivity index (χ2n) is 6.01. The van der Waals surface area contributed by atoms with Gasteiger partial charge in [-0.25, -0.2) is 8.42 Å². The Morgan fingerprint density at radius 3 is 2.41 bits per heavy atom. The van der Waals surface area contributed by atoms with Crippen molar-refractivity contribution in [2.45, 2.75) is 31.1 Å². The van der Waals surface area contributed by atoms with E-state index in [0.29, 0.717) is 5.69 Å². The van der Waals surface area contributed by atoms with Crippen LogP contribution in [0.5, 0.6) is 0 Å². The van der Waals surface area contributed by atoms with Gasteiger partial charge in [-0.15, -0.1) is 0 Å². The van der Waals surface area contributed by atoms with Crippen LogP contribution in [0.15, 0.2) is 53.4 Å². The molecule has 8 heteroatoms. The van der Waals surface area contributed by atoms with E-state index in [0.717, 1.165) is 24.8 Å². The van der Waals surface area contributed by atoms with Crippen LogP contribution in [0.3, 0.4) is 0 Å². The van der Waals surface area contributed by atoms with Crippen molar-refractivity contribution in [1.29, 1.82) is 0 Å². The molecule has 0 spiro atoms. The van der Waals surface area contributed by atoms with Gasteiger partial charge in [0.2, 0.25) is 0 Å². The van der Waals surface area contributed by atoms with E-state index in [1.54, 1.807) is 12.1 Å². The largest absolute Gasteiger partial charge is 0.480 e. The van der Waals surface area contributed by atoms with E-state index in [4.69, 9.17) is 5.11 Å². The van der Waals surface area contributed by atoms with Crippen LogP contribution in [0.2, 0.25) is 0 Å². The Hall–Kier alpha value is -2.87. The molecule has 2 aromatic carbocycles. The maximum absolute atomic E-state index is 12.6. The smallest absolute Gasteiger partial charge is 0.322 e. The fourth-order valence-corrected chi connectivity index (χ4v) is 3.50. The summed E-state index contributed by atoms with van der Waals surface area (Å²) in [5.41, 5.74) is 1.63. The lowest BCUT2D eigenvalue weighted by Gasteiger charge is -2.10. The monoisotopic (exact) mass is 390 g/mol. The Labute approximate surface area is 158 Å². The molecule has 27 heavy (non-hydrogen) atoms. The Morgan fingerprint density at radius 1 is 1.07 bits per heavy atom. The van der Waals surface area contributed by atoms with Crippen molar-refractivity contribution in [2.75, 3.05) is 11.3 Å². The fraction of sp³-hybridized carbons (Fsp3) is 0.263. The number of carboxylic acids is 1. The standard InChI is InChI=1S/C19H22N2O5S/c1-2-3-5-14-8-10-16(11-9-14)21-27(25,26)17-7-4-6-15(12-17)19(24)20-13-18(22)23/h4,6-12,21H,2-3,5,13H2,1H3,(H,20,24)(H,22,23). The van der Waals surface area contributed by atoms with E-state index in [-0.39, 0.29) is 10.5 Å². The van der Waals surface area contributed by atoms with Crippen LogP contribution in [0.1, 0.15) is 35.7 Å². The van der Waals surface area contributed by atoms with Gasteiger partial charge in [-0.05, 0) is 48.7 Å². The van der Waals surface area contributed by atoms with Gasteiger partial charge in [0, 0.05) is 11.3 Å². The highest BCUT2D eigenvalue weighted by atomic mass is 32.2. The molecule has 0 aliphatic carbocycles. The summed E-state index contributed by atoms with van der Waals surface area (Å²) in [5.74, 6) is -1.84. The number of carbonyl (C=O) groups is 2. The number of carboxylic acid groups (broad SMARTS) is 1. The molecule has 0 saturated heterocycles. The summed E-state index contributed by atoms with van der Waals surface area (Å²) in [6, 6.07) is 12.6. The molecule has 0 aliphatic heterocycles. The first-order valence-corrected chi connectivity index (χ1v) is 10.0. The summed E-state index contributed by atoms with van der Waals surface area (Å²) >= 11 is 0. The van der Waals surface area contributed by atoms with E-state index in [9.17, 15) is 18.0 Å². The van der Waals surface area contributed by atoms with Crippen LogP contribution in [-0.2, 0) is 21.2 Å². The SMILES string of the molecule is CCCCc1ccc(NS(=O)(=O)c2cccc(C(=O)NCC(=O)O)c2)cc1. The average Bonchev–Trinajstić information content (AvgIpc) is 2.65. The lowest BCUT2D eigenvalue weighted by Crippen LogP contribution is -2.29. The van der Waals surface area contributed by atoms with Crippen molar-refractivity contribution in [3.05, 3.63) is 59.7 Å². The van der Waals surface area contributed by atoms with E-state index in [1.165, 1.54) is 24.3 Å². The van der Waals surface area contributed by atoms with Gasteiger partial charge in [0.05, 0.1) is 4.90 Å². The molecule has 0 atom stereocenters. The third-order valence-electron chi connectivity index (χ3n) is 3.83. The van der Waals surface area contributed by atoms with E-state index in [2.05, 4.69) is 17.0 Å². The highest BCUT2D eigenvalue weighted by Gasteiger charge is 2.17. The molecule has 0 heterocycles. The summed E-state index contributed by atoms with van der Waals surface area (Å²) < 4.78 is 27.6. The van der Waals surface area contributed by atoms with E-state index < -0.39 is 28.4 Å². The zero-order chi connectivity index (χ0) is 19.9. The second kappa shape index (κ2) is 9.18. The number of carbonyl (C=O) groups excluding carboxylic acids is 1. The van der Waals surface area contributed by atoms with Crippen molar-refractivity contribution in [2.24, 2.45) is 0 Å². The number of unbranched alkanes of at least 4 members (excludes halogenated alkanes) is 1. The van der Waals surface area contributed by atoms with Crippen LogP contribution in [0.25, 0.3) is 0 Å². The number of hydrogen-bond acceptors (Lipinski definition) is 4. The molecular formula is C19H22N2O5S. The van der Waals surface area contributed by atoms with Crippen LogP contribution in [0, 0.1) is 0 Å². The number of aliphatic carboxylic acids is 1. The molecule has 2 rings (SSSR count). The molecule has 0 fully saturated rings. The predicted octanol–water partition coefficient (Wildman–Crippen LogP) is 2.64. The van der Waals surface area contributed by atoms with Crippen LogP contribution >= 0.6 is 0 Å². The molecule has 0 bridgehead atoms. The number of sulfonamides is 1. The molecule has 0 aliphatic rings. The Balaban J connectivity index is 2.13. The minimum atomic E-state index is -3.88. The molecule has 0 aromatic heterocycles. The minimum Gasteiger partial charge on any atom is -0.480 e. The molecule has 2 aromatic rings. The van der Waals surface area contributed by atoms with Crippen molar-refractivity contribution in [3.8, 4) is 0 Å². The maximum atomic E-state index is 12.6. The Morgan fingerprint density at radius 2 is 1.78 bits per heavy atom. The first-order valence-electron chi connectivity index (χ1n) is 8.53. The van der Waals surface area contributed by atoms with Gasteiger partial charge in [0.15, 0.2) is 0 Å². The minimum absolute atomic E-state index is 0.0639. The zero-order valence-electron chi connectivity index (χ0n) is 14.9. The van der Waals surface area contributed by atoms with Crippen molar-refractivity contribution in [1.82, 2.24) is 5.32 Å². The number of anilines is 1. The first-order chi connectivity index (χ1) is 12.8. The van der Waals surface area contributed by atoms with Gasteiger partial charge in [-0.3, -0.25) is 14.3 Å². The molecular weight excluding hydrogens is 368 g/mol. The highest BCUT2D eigenvalue weighted by molar-refractivity contribution is 7.92. The number of nitrogens with one attached hydrogen (secondary N) is 2. The van der Waals surface area contributed by atoms with Gasteiger partial charge < -0.3 is 10.4 Å². The van der Waals surface area contributed by atoms with Gasteiger partial charge in [0.1, 0.15) is 6.54 Å². The summed E-state index contributed by atoms with van der Waals surface area (Å²) in [7, 11) is -3.88. The number of rotatable bonds is 9. The number of amides is 1. The predicted molar refractivity (Wildman–Crippen MR) is 102 cm³/mol. The Bertz CT molecular complexity index is 908. The molecule has 0 unspecified atom stereocenters. The lowest BCUT2D eigenvalue weighted by molar-refractivity contribution is -0.135. The van der Waals surface area contributed by atoms with Gasteiger partial charge in [0.25, 0.3) is 15.9 Å². The van der Waals surface area contributed by atoms with E-state index >= 15 is 0 Å². The fourth-order valence-electron chi connectivity index (χ4n) is 2.40. The summed E-state index contributed by atoms with van der Waals surface area (Å²) in [6.45, 7) is 1.57. The zero-order valence-corrected chi connectivity index (χ0v) is 15.8. The molecule has 7 nitrogen and oxygen atoms in total. The lowest BCUT2D eigenvalue weighted by atomic mass is 10.1. The summed E-state index contributed by atoms with van der Waals surface area (Å²) in [4.78, 5) is 22.4. The normalized spacial score (nSPS) is 11.0. The quantitative estimate of drug-likeness (QED) is 0.609. The highest BCUT2D eigenvalue weighted by Crippen LogP contribution is 2.18. The third-order valence-corrected chi connectivity index (χ3v) is 5.21. The van der Waals surface area contributed by atoms with Crippen molar-refractivity contribution < 1.29 is 23.1 Å². The first kappa shape index (κ1) is 20.4. The molecule has 0 saturated carbocycles. The molecule has 1 amide bonds. The van der Waals surface area contributed by atoms with Crippen LogP contribution in [0.4, 0.5) is 5.69 Å². The van der Waals surface area contributed by atoms with Gasteiger partial charge in [-0.1, -0.05) is 31.5 Å². The number of aryl methyl sites for hydroxylation is 1. The topological polar surface area (TPSA) is 113 Å². The number of hydrogen-bond donors (Lipinski definition) is 3. The van der Waals surface area contributed by atoms with Crippen molar-refractivity contribution >= 4 is 27.6 Å². The summed E-state index contributed by atoms with van der Waals surface area (Å²) in [6.07, 6.45) is 3.10. The Kier molecular flexibility index (Phi) is 6.95. The molecule has 144 valence electrons. The second-order valence-corrected chi connectivity index (χ2v) is 7.69. The average molecular weight is 390 g/mol. The van der Waals surface area contributed by atoms with Crippen LogP contribution < -0.4 is 10.0 Å². The number of benzene rings is 2. The van der Waals surface area contributed by atoms with Gasteiger partial charge >= 0.3 is 5.97 Å². The molecule has 3 N–H and O–H groups in total. The maximum Gasteiger partial charge on any atom is 0.322 e. The molecule has 0 radical (unpaired) electrons. The van der Waals surface area contributed by atoms with Crippen molar-refractivity contribution in [3.63, 3.8) is 0 Å². The van der Waals surface area contributed by atoms with Gasteiger partial charge in [-0.2, -0.15) is 0 Å². The third kappa shape index (κ3) is 6.10. The summed E-state index contributed by atoms with van der Waals surface area (Å²) in [5, 5.41) is 10.8. The van der Waals surface area contributed by atoms with Crippen LogP contribution in [-0.4, -0.2) is 31.9 Å².